The number of nitrogens with one attached hydrogen (secondary N) is 1. The first-order valence-corrected chi connectivity index (χ1v) is 5.91. The summed E-state index contributed by atoms with van der Waals surface area (Å²) in [6.07, 6.45) is 8.65. The van der Waals surface area contributed by atoms with Gasteiger partial charge < -0.3 is 5.41 Å². The van der Waals surface area contributed by atoms with Crippen LogP contribution >= 0.6 is 0 Å². The second-order valence-corrected chi connectivity index (χ2v) is 4.45. The third-order valence-electron chi connectivity index (χ3n) is 2.41. The van der Waals surface area contributed by atoms with Crippen LogP contribution in [-0.2, 0) is 0 Å². The van der Waals surface area contributed by atoms with Crippen LogP contribution in [0.1, 0.15) is 47.5 Å². The average molecular weight is 207 g/mol. The molecule has 0 heterocycles. The minimum Gasteiger partial charge on any atom is -0.305 e. The van der Waals surface area contributed by atoms with Gasteiger partial charge >= 0.3 is 0 Å². The molecular weight excluding hydrogens is 182 g/mol. The maximum absolute atomic E-state index is 7.81. The number of hydrogen-bond donors (Lipinski definition) is 1. The van der Waals surface area contributed by atoms with Crippen molar-refractivity contribution in [3.8, 4) is 0 Å². The molecule has 0 aromatic heterocycles. The van der Waals surface area contributed by atoms with Crippen molar-refractivity contribution in [2.75, 3.05) is 0 Å². The van der Waals surface area contributed by atoms with E-state index in [2.05, 4.69) is 45.9 Å². The summed E-state index contributed by atoms with van der Waals surface area (Å²) in [5, 5.41) is 7.81. The van der Waals surface area contributed by atoms with Crippen molar-refractivity contribution in [1.82, 2.24) is 0 Å². The van der Waals surface area contributed by atoms with Gasteiger partial charge in [0.05, 0.1) is 0 Å². The first-order chi connectivity index (χ1) is 7.02. The smallest absolute Gasteiger partial charge is 0.0317 e. The Balaban J connectivity index is 4.84. The molecule has 0 spiro atoms. The van der Waals surface area contributed by atoms with Gasteiger partial charge in [0, 0.05) is 11.6 Å². The molecule has 0 rings (SSSR count). The van der Waals surface area contributed by atoms with Gasteiger partial charge in [-0.25, -0.2) is 0 Å². The fraction of sp³-hybridized carbons (Fsp3) is 0.643. The first-order valence-electron chi connectivity index (χ1n) is 5.91. The van der Waals surface area contributed by atoms with Gasteiger partial charge in [-0.05, 0) is 38.2 Å². The van der Waals surface area contributed by atoms with Crippen LogP contribution in [0.25, 0.3) is 0 Å². The molecule has 0 radical (unpaired) electrons. The van der Waals surface area contributed by atoms with Crippen LogP contribution in [0.15, 0.2) is 23.8 Å². The van der Waals surface area contributed by atoms with E-state index in [0.29, 0.717) is 17.5 Å². The molecule has 1 heteroatoms. The lowest BCUT2D eigenvalue weighted by Crippen LogP contribution is -2.11. The minimum atomic E-state index is 0.424. The summed E-state index contributed by atoms with van der Waals surface area (Å²) >= 11 is 0. The Morgan fingerprint density at radius 3 is 2.27 bits per heavy atom. The van der Waals surface area contributed by atoms with Gasteiger partial charge in [0.25, 0.3) is 0 Å². The molecule has 0 fully saturated rings. The number of allylic oxidation sites excluding steroid dienone is 4. The van der Waals surface area contributed by atoms with Crippen molar-refractivity contribution >= 4 is 5.71 Å². The minimum absolute atomic E-state index is 0.424. The van der Waals surface area contributed by atoms with Crippen LogP contribution in [0.3, 0.4) is 0 Å². The normalized spacial score (nSPS) is 14.9. The molecule has 0 amide bonds. The molecular formula is C14H25N. The van der Waals surface area contributed by atoms with E-state index >= 15 is 0 Å². The van der Waals surface area contributed by atoms with Crippen LogP contribution in [-0.4, -0.2) is 5.71 Å². The van der Waals surface area contributed by atoms with E-state index in [4.69, 9.17) is 5.41 Å². The van der Waals surface area contributed by atoms with Gasteiger partial charge in [-0.15, -0.1) is 0 Å². The van der Waals surface area contributed by atoms with Crippen LogP contribution in [0.4, 0.5) is 0 Å². The highest BCUT2D eigenvalue weighted by molar-refractivity contribution is 5.96. The molecule has 0 aliphatic rings. The summed E-state index contributed by atoms with van der Waals surface area (Å²) in [6, 6.07) is 0. The molecule has 0 aliphatic heterocycles. The standard InChI is InChI=1S/C14H25N/c1-6-8-13(10-11(3)4)14(9-7-2)12(5)15/h6,8-9,11,13,15H,7,10H2,1-5H3/b8-6-,14-9-,15-12?/t13-/m1/s1. The Morgan fingerprint density at radius 2 is 1.93 bits per heavy atom. The van der Waals surface area contributed by atoms with E-state index in [1.165, 1.54) is 5.57 Å². The highest BCUT2D eigenvalue weighted by Crippen LogP contribution is 2.23. The Kier molecular flexibility index (Phi) is 7.02. The maximum Gasteiger partial charge on any atom is 0.0317 e. The average Bonchev–Trinajstić information content (AvgIpc) is 2.12. The summed E-state index contributed by atoms with van der Waals surface area (Å²) in [7, 11) is 0. The van der Waals surface area contributed by atoms with Crippen LogP contribution in [0.5, 0.6) is 0 Å². The van der Waals surface area contributed by atoms with Gasteiger partial charge in [0.1, 0.15) is 0 Å². The molecule has 0 bridgehead atoms. The molecule has 86 valence electrons. The third-order valence-corrected chi connectivity index (χ3v) is 2.41. The Labute approximate surface area is 94.8 Å². The quantitative estimate of drug-likeness (QED) is 0.486. The number of hydrogen-bond acceptors (Lipinski definition) is 1. The fourth-order valence-electron chi connectivity index (χ4n) is 1.85. The van der Waals surface area contributed by atoms with E-state index in [-0.39, 0.29) is 0 Å². The molecule has 0 aliphatic carbocycles. The van der Waals surface area contributed by atoms with E-state index in [1.54, 1.807) is 0 Å². The maximum atomic E-state index is 7.81. The lowest BCUT2D eigenvalue weighted by Gasteiger charge is -2.18. The molecule has 0 aromatic rings. The molecule has 1 atom stereocenters. The molecule has 0 saturated carbocycles. The second kappa shape index (κ2) is 7.44. The van der Waals surface area contributed by atoms with E-state index in [0.717, 1.165) is 12.8 Å². The summed E-state index contributed by atoms with van der Waals surface area (Å²) in [5.41, 5.74) is 1.91. The number of rotatable bonds is 6. The molecule has 15 heavy (non-hydrogen) atoms. The Hall–Kier alpha value is -0.850. The van der Waals surface area contributed by atoms with Gasteiger partial charge in [-0.2, -0.15) is 0 Å². The van der Waals surface area contributed by atoms with Crippen molar-refractivity contribution in [3.05, 3.63) is 23.8 Å². The molecule has 1 N–H and O–H groups in total. The zero-order valence-corrected chi connectivity index (χ0v) is 10.8. The predicted molar refractivity (Wildman–Crippen MR) is 69.5 cm³/mol. The Bertz CT molecular complexity index is 246. The lowest BCUT2D eigenvalue weighted by molar-refractivity contribution is 0.524. The summed E-state index contributed by atoms with van der Waals surface area (Å²) in [5.74, 6) is 1.10. The van der Waals surface area contributed by atoms with Crippen LogP contribution in [0, 0.1) is 17.2 Å². The summed E-state index contributed by atoms with van der Waals surface area (Å²) in [4.78, 5) is 0. The van der Waals surface area contributed by atoms with E-state index in [1.807, 2.05) is 6.92 Å². The molecule has 0 unspecified atom stereocenters. The van der Waals surface area contributed by atoms with Crippen molar-refractivity contribution in [2.45, 2.75) is 47.5 Å². The fourth-order valence-corrected chi connectivity index (χ4v) is 1.85. The van der Waals surface area contributed by atoms with Crippen molar-refractivity contribution in [2.24, 2.45) is 11.8 Å². The third kappa shape index (κ3) is 5.56. The second-order valence-electron chi connectivity index (χ2n) is 4.45. The van der Waals surface area contributed by atoms with Gasteiger partial charge in [0.2, 0.25) is 0 Å². The monoisotopic (exact) mass is 207 g/mol. The van der Waals surface area contributed by atoms with Gasteiger partial charge in [-0.1, -0.05) is 39.0 Å². The van der Waals surface area contributed by atoms with E-state index in [9.17, 15) is 0 Å². The highest BCUT2D eigenvalue weighted by Gasteiger charge is 2.13. The topological polar surface area (TPSA) is 23.9 Å². The highest BCUT2D eigenvalue weighted by atomic mass is 14.4. The van der Waals surface area contributed by atoms with Crippen LogP contribution < -0.4 is 0 Å². The SMILES string of the molecule is C/C=C\[C@H](CC(C)C)/C(=C\CC)C(C)=N. The van der Waals surface area contributed by atoms with E-state index < -0.39 is 0 Å². The molecule has 0 saturated heterocycles. The van der Waals surface area contributed by atoms with Gasteiger partial charge in [0.15, 0.2) is 0 Å². The zero-order chi connectivity index (χ0) is 11.8. The molecule has 0 aromatic carbocycles. The summed E-state index contributed by atoms with van der Waals surface area (Å²) < 4.78 is 0. The first kappa shape index (κ1) is 14.2. The van der Waals surface area contributed by atoms with Crippen molar-refractivity contribution in [3.63, 3.8) is 0 Å². The predicted octanol–water partition coefficient (Wildman–Crippen LogP) is 4.60. The zero-order valence-electron chi connectivity index (χ0n) is 10.8. The molecule has 1 nitrogen and oxygen atoms in total. The van der Waals surface area contributed by atoms with Crippen LogP contribution in [0.2, 0.25) is 0 Å². The van der Waals surface area contributed by atoms with Crippen molar-refractivity contribution in [1.29, 1.82) is 5.41 Å². The van der Waals surface area contributed by atoms with Crippen molar-refractivity contribution < 1.29 is 0 Å². The van der Waals surface area contributed by atoms with Gasteiger partial charge in [-0.3, -0.25) is 0 Å². The largest absolute Gasteiger partial charge is 0.305 e. The Morgan fingerprint density at radius 1 is 1.33 bits per heavy atom. The summed E-state index contributed by atoms with van der Waals surface area (Å²) in [6.45, 7) is 10.5. The lowest BCUT2D eigenvalue weighted by atomic mass is 9.87.